The summed E-state index contributed by atoms with van der Waals surface area (Å²) >= 11 is 0. The Morgan fingerprint density at radius 3 is 2.58 bits per heavy atom. The topological polar surface area (TPSA) is 106 Å². The van der Waals surface area contributed by atoms with Gasteiger partial charge < -0.3 is 10.1 Å². The van der Waals surface area contributed by atoms with Crippen molar-refractivity contribution < 1.29 is 22.7 Å². The first kappa shape index (κ1) is 22.9. The summed E-state index contributed by atoms with van der Waals surface area (Å²) in [5.41, 5.74) is 1.68. The van der Waals surface area contributed by atoms with Gasteiger partial charge in [-0.3, -0.25) is 4.79 Å². The molecule has 1 N–H and O–H groups in total. The van der Waals surface area contributed by atoms with Crippen LogP contribution in [0.4, 0.5) is 5.69 Å². The molecular formula is C24H25N3O5S. The normalized spacial score (nSPS) is 14.7. The maximum Gasteiger partial charge on any atom is 0.357 e. The standard InChI is InChI=1S/C24H25N3O5S/c1-17-9-11-19(15-22(17)33(30,31)27-13-5-2-6-14-27)25-23(28)16-32-24(29)21-12-10-18-7-3-4-8-20(18)26-21/h3-4,7-12,15H,2,5-6,13-14,16H2,1H3,(H,25,28). The van der Waals surface area contributed by atoms with Crippen LogP contribution in [0.1, 0.15) is 35.3 Å². The van der Waals surface area contributed by atoms with E-state index in [1.165, 1.54) is 10.4 Å². The number of aryl methyl sites for hydroxylation is 1. The number of piperidine rings is 1. The number of amides is 1. The summed E-state index contributed by atoms with van der Waals surface area (Å²) in [6.07, 6.45) is 2.70. The molecule has 1 amide bonds. The summed E-state index contributed by atoms with van der Waals surface area (Å²) in [6.45, 7) is 2.20. The van der Waals surface area contributed by atoms with Crippen molar-refractivity contribution in [2.24, 2.45) is 0 Å². The lowest BCUT2D eigenvalue weighted by Crippen LogP contribution is -2.36. The molecule has 2 heterocycles. The number of aromatic nitrogens is 1. The summed E-state index contributed by atoms with van der Waals surface area (Å²) in [5.74, 6) is -1.29. The van der Waals surface area contributed by atoms with E-state index in [1.807, 2.05) is 18.2 Å². The second kappa shape index (κ2) is 9.68. The third-order valence-corrected chi connectivity index (χ3v) is 7.59. The number of benzene rings is 2. The van der Waals surface area contributed by atoms with Crippen LogP contribution in [0.15, 0.2) is 59.5 Å². The van der Waals surface area contributed by atoms with E-state index in [1.54, 1.807) is 37.3 Å². The van der Waals surface area contributed by atoms with Gasteiger partial charge in [-0.15, -0.1) is 0 Å². The molecule has 0 spiro atoms. The summed E-state index contributed by atoms with van der Waals surface area (Å²) < 4.78 is 32.7. The zero-order valence-corrected chi connectivity index (χ0v) is 19.1. The highest BCUT2D eigenvalue weighted by Crippen LogP contribution is 2.26. The van der Waals surface area contributed by atoms with Crippen molar-refractivity contribution in [1.82, 2.24) is 9.29 Å². The van der Waals surface area contributed by atoms with E-state index in [4.69, 9.17) is 4.74 Å². The number of fused-ring (bicyclic) bond motifs is 1. The van der Waals surface area contributed by atoms with E-state index in [0.717, 1.165) is 24.6 Å². The Hall–Kier alpha value is -3.30. The van der Waals surface area contributed by atoms with Crippen molar-refractivity contribution in [1.29, 1.82) is 0 Å². The summed E-state index contributed by atoms with van der Waals surface area (Å²) in [6, 6.07) is 15.4. The van der Waals surface area contributed by atoms with E-state index in [2.05, 4.69) is 10.3 Å². The summed E-state index contributed by atoms with van der Waals surface area (Å²) in [4.78, 5) is 29.1. The lowest BCUT2D eigenvalue weighted by molar-refractivity contribution is -0.119. The van der Waals surface area contributed by atoms with Crippen LogP contribution in [0.25, 0.3) is 10.9 Å². The number of esters is 1. The van der Waals surface area contributed by atoms with Crippen molar-refractivity contribution in [3.05, 3.63) is 65.9 Å². The monoisotopic (exact) mass is 467 g/mol. The Bertz CT molecular complexity index is 1300. The van der Waals surface area contributed by atoms with Gasteiger partial charge in [-0.25, -0.2) is 18.2 Å². The number of nitrogens with one attached hydrogen (secondary N) is 1. The minimum Gasteiger partial charge on any atom is -0.451 e. The Morgan fingerprint density at radius 1 is 1.03 bits per heavy atom. The molecule has 33 heavy (non-hydrogen) atoms. The minimum absolute atomic E-state index is 0.103. The molecule has 3 aromatic rings. The van der Waals surface area contributed by atoms with Crippen LogP contribution in [-0.4, -0.2) is 49.3 Å². The van der Waals surface area contributed by atoms with Crippen molar-refractivity contribution >= 4 is 38.5 Å². The molecule has 0 aliphatic carbocycles. The number of hydrogen-bond acceptors (Lipinski definition) is 6. The molecule has 1 fully saturated rings. The number of pyridine rings is 1. The number of carbonyl (C=O) groups is 2. The third kappa shape index (κ3) is 5.20. The second-order valence-corrected chi connectivity index (χ2v) is 9.86. The van der Waals surface area contributed by atoms with Crippen LogP contribution < -0.4 is 5.32 Å². The Morgan fingerprint density at radius 2 is 1.79 bits per heavy atom. The first-order valence-corrected chi connectivity index (χ1v) is 12.2. The molecule has 1 aliphatic heterocycles. The number of nitrogens with zero attached hydrogens (tertiary/aromatic N) is 2. The molecule has 0 unspecified atom stereocenters. The van der Waals surface area contributed by atoms with Crippen LogP contribution >= 0.6 is 0 Å². The molecule has 0 radical (unpaired) electrons. The molecule has 1 aliphatic rings. The predicted molar refractivity (Wildman–Crippen MR) is 124 cm³/mol. The average Bonchev–Trinajstić information content (AvgIpc) is 2.84. The Balaban J connectivity index is 1.41. The van der Waals surface area contributed by atoms with Crippen molar-refractivity contribution in [3.8, 4) is 0 Å². The largest absolute Gasteiger partial charge is 0.451 e. The van der Waals surface area contributed by atoms with Gasteiger partial charge >= 0.3 is 5.97 Å². The Labute approximate surface area is 192 Å². The van der Waals surface area contributed by atoms with Gasteiger partial charge in [-0.05, 0) is 49.6 Å². The van der Waals surface area contributed by atoms with Crippen molar-refractivity contribution in [3.63, 3.8) is 0 Å². The maximum absolute atomic E-state index is 13.0. The molecule has 172 valence electrons. The highest BCUT2D eigenvalue weighted by Gasteiger charge is 2.27. The summed E-state index contributed by atoms with van der Waals surface area (Å²) in [7, 11) is -3.64. The molecule has 0 atom stereocenters. The van der Waals surface area contributed by atoms with Gasteiger partial charge in [0.2, 0.25) is 10.0 Å². The van der Waals surface area contributed by atoms with Gasteiger partial charge in [0.25, 0.3) is 5.91 Å². The molecule has 8 nitrogen and oxygen atoms in total. The lowest BCUT2D eigenvalue weighted by atomic mass is 10.2. The molecular weight excluding hydrogens is 442 g/mol. The maximum atomic E-state index is 13.0. The fraction of sp³-hybridized carbons (Fsp3) is 0.292. The highest BCUT2D eigenvalue weighted by atomic mass is 32.2. The van der Waals surface area contributed by atoms with E-state index in [0.29, 0.717) is 29.9 Å². The SMILES string of the molecule is Cc1ccc(NC(=O)COC(=O)c2ccc3ccccc3n2)cc1S(=O)(=O)N1CCCCC1. The van der Waals surface area contributed by atoms with Crippen molar-refractivity contribution in [2.75, 3.05) is 25.0 Å². The van der Waals surface area contributed by atoms with Crippen molar-refractivity contribution in [2.45, 2.75) is 31.1 Å². The number of para-hydroxylation sites is 1. The van der Waals surface area contributed by atoms with Gasteiger partial charge in [0.1, 0.15) is 5.69 Å². The number of hydrogen-bond donors (Lipinski definition) is 1. The molecule has 4 rings (SSSR count). The van der Waals surface area contributed by atoms with Gasteiger partial charge in [0, 0.05) is 24.2 Å². The zero-order valence-electron chi connectivity index (χ0n) is 18.3. The fourth-order valence-corrected chi connectivity index (χ4v) is 5.55. The lowest BCUT2D eigenvalue weighted by Gasteiger charge is -2.26. The predicted octanol–water partition coefficient (Wildman–Crippen LogP) is 3.51. The molecule has 2 aromatic carbocycles. The van der Waals surface area contributed by atoms with Crippen LogP contribution in [0.3, 0.4) is 0 Å². The van der Waals surface area contributed by atoms with Crippen LogP contribution in [0.5, 0.6) is 0 Å². The molecule has 9 heteroatoms. The number of carbonyl (C=O) groups excluding carboxylic acids is 2. The van der Waals surface area contributed by atoms with Gasteiger partial charge in [-0.2, -0.15) is 4.31 Å². The molecule has 0 bridgehead atoms. The van der Waals surface area contributed by atoms with E-state index in [-0.39, 0.29) is 10.6 Å². The molecule has 1 saturated heterocycles. The number of sulfonamides is 1. The van der Waals surface area contributed by atoms with E-state index in [9.17, 15) is 18.0 Å². The smallest absolute Gasteiger partial charge is 0.357 e. The van der Waals surface area contributed by atoms with Crippen LogP contribution in [-0.2, 0) is 19.6 Å². The van der Waals surface area contributed by atoms with Gasteiger partial charge in [0.05, 0.1) is 10.4 Å². The number of anilines is 1. The third-order valence-electron chi connectivity index (χ3n) is 5.55. The van der Waals surface area contributed by atoms with E-state index < -0.39 is 28.5 Å². The van der Waals surface area contributed by atoms with Crippen LogP contribution in [0.2, 0.25) is 0 Å². The average molecular weight is 468 g/mol. The first-order chi connectivity index (χ1) is 15.8. The molecule has 1 aromatic heterocycles. The van der Waals surface area contributed by atoms with E-state index >= 15 is 0 Å². The molecule has 0 saturated carbocycles. The van der Waals surface area contributed by atoms with Gasteiger partial charge in [-0.1, -0.05) is 36.8 Å². The Kier molecular flexibility index (Phi) is 6.71. The minimum atomic E-state index is -3.64. The number of ether oxygens (including phenoxy) is 1. The zero-order chi connectivity index (χ0) is 23.4. The quantitative estimate of drug-likeness (QED) is 0.556. The summed E-state index contributed by atoms with van der Waals surface area (Å²) in [5, 5.41) is 3.49. The highest BCUT2D eigenvalue weighted by molar-refractivity contribution is 7.89. The fourth-order valence-electron chi connectivity index (χ4n) is 3.78. The first-order valence-electron chi connectivity index (χ1n) is 10.8. The second-order valence-electron chi connectivity index (χ2n) is 7.96. The van der Waals surface area contributed by atoms with Crippen LogP contribution in [0, 0.1) is 6.92 Å². The van der Waals surface area contributed by atoms with Gasteiger partial charge in [0.15, 0.2) is 6.61 Å². The number of rotatable bonds is 6.